The maximum absolute atomic E-state index is 6.68. The average molecular weight is 595 g/mol. The second-order valence-electron chi connectivity index (χ2n) is 12.8. The summed E-state index contributed by atoms with van der Waals surface area (Å²) >= 11 is 0. The van der Waals surface area contributed by atoms with Gasteiger partial charge in [0.15, 0.2) is 0 Å². The Labute approximate surface area is 271 Å². The van der Waals surface area contributed by atoms with Crippen LogP contribution in [-0.2, 0) is 0 Å². The molecule has 216 valence electrons. The lowest BCUT2D eigenvalue weighted by atomic mass is 9.87. The van der Waals surface area contributed by atoms with Gasteiger partial charge >= 0.3 is 0 Å². The maximum Gasteiger partial charge on any atom is 0.143 e. The fraction of sp³-hybridized carbons (Fsp3) is 0. The second-order valence-corrected chi connectivity index (χ2v) is 12.8. The molecule has 1 aliphatic rings. The number of hydrogen-bond donors (Lipinski definition) is 0. The summed E-state index contributed by atoms with van der Waals surface area (Å²) in [5.41, 5.74) is 7.34. The molecule has 0 amide bonds. The summed E-state index contributed by atoms with van der Waals surface area (Å²) in [6.45, 7) is 0. The number of benzene rings is 10. The average Bonchev–Trinajstić information content (AvgIpc) is 3.13. The van der Waals surface area contributed by atoms with Gasteiger partial charge in [0.1, 0.15) is 11.5 Å². The van der Waals surface area contributed by atoms with E-state index in [0.29, 0.717) is 0 Å². The lowest BCUT2D eigenvalue weighted by Gasteiger charge is -2.24. The molecule has 0 atom stereocenters. The molecular formula is C46H26O. The highest BCUT2D eigenvalue weighted by Gasteiger charge is 2.23. The molecule has 0 saturated heterocycles. The van der Waals surface area contributed by atoms with Gasteiger partial charge in [-0.15, -0.1) is 0 Å². The van der Waals surface area contributed by atoms with Crippen LogP contribution in [0.1, 0.15) is 0 Å². The molecule has 10 aromatic carbocycles. The van der Waals surface area contributed by atoms with Crippen LogP contribution in [0.25, 0.3) is 98.0 Å². The van der Waals surface area contributed by atoms with Gasteiger partial charge in [-0.25, -0.2) is 0 Å². The fourth-order valence-electron chi connectivity index (χ4n) is 8.27. The summed E-state index contributed by atoms with van der Waals surface area (Å²) in [6.07, 6.45) is 0. The molecule has 0 N–H and O–H groups in total. The Balaban J connectivity index is 1.09. The first-order valence-electron chi connectivity index (χ1n) is 16.3. The summed E-state index contributed by atoms with van der Waals surface area (Å²) in [4.78, 5) is 0. The van der Waals surface area contributed by atoms with Gasteiger partial charge in [0, 0.05) is 16.3 Å². The summed E-state index contributed by atoms with van der Waals surface area (Å²) in [5, 5.41) is 15.1. The Morgan fingerprint density at radius 2 is 0.894 bits per heavy atom. The topological polar surface area (TPSA) is 9.23 Å². The van der Waals surface area contributed by atoms with Gasteiger partial charge in [-0.1, -0.05) is 140 Å². The second kappa shape index (κ2) is 9.19. The highest BCUT2D eigenvalue weighted by atomic mass is 16.5. The Morgan fingerprint density at radius 3 is 1.83 bits per heavy atom. The van der Waals surface area contributed by atoms with Gasteiger partial charge in [0.05, 0.1) is 0 Å². The molecule has 1 nitrogen and oxygen atoms in total. The van der Waals surface area contributed by atoms with Gasteiger partial charge in [0.25, 0.3) is 0 Å². The lowest BCUT2D eigenvalue weighted by molar-refractivity contribution is 0.493. The van der Waals surface area contributed by atoms with Gasteiger partial charge in [-0.2, -0.15) is 0 Å². The van der Waals surface area contributed by atoms with Gasteiger partial charge in [-0.3, -0.25) is 0 Å². The fourth-order valence-corrected chi connectivity index (χ4v) is 8.27. The van der Waals surface area contributed by atoms with Crippen LogP contribution >= 0.6 is 0 Å². The Bertz CT molecular complexity index is 2910. The lowest BCUT2D eigenvalue weighted by Crippen LogP contribution is -1.99. The minimum atomic E-state index is 0.916. The molecule has 10 aromatic rings. The summed E-state index contributed by atoms with van der Waals surface area (Å²) in [5.74, 6) is 1.86. The zero-order valence-corrected chi connectivity index (χ0v) is 25.4. The van der Waals surface area contributed by atoms with Crippen LogP contribution < -0.4 is 4.74 Å². The largest absolute Gasteiger partial charge is 0.455 e. The molecule has 0 saturated carbocycles. The predicted molar refractivity (Wildman–Crippen MR) is 199 cm³/mol. The van der Waals surface area contributed by atoms with Crippen LogP contribution in [-0.4, -0.2) is 0 Å². The van der Waals surface area contributed by atoms with Crippen molar-refractivity contribution in [3.63, 3.8) is 0 Å². The van der Waals surface area contributed by atoms with Gasteiger partial charge < -0.3 is 4.74 Å². The van der Waals surface area contributed by atoms with E-state index in [2.05, 4.69) is 158 Å². The van der Waals surface area contributed by atoms with Crippen molar-refractivity contribution < 1.29 is 4.74 Å². The van der Waals surface area contributed by atoms with Crippen molar-refractivity contribution in [2.75, 3.05) is 0 Å². The quantitative estimate of drug-likeness (QED) is 0.181. The monoisotopic (exact) mass is 594 g/mol. The zero-order chi connectivity index (χ0) is 30.6. The van der Waals surface area contributed by atoms with E-state index in [0.717, 1.165) is 22.4 Å². The predicted octanol–water partition coefficient (Wildman–Crippen LogP) is 13.2. The Morgan fingerprint density at radius 1 is 0.298 bits per heavy atom. The van der Waals surface area contributed by atoms with Crippen LogP contribution in [0.4, 0.5) is 0 Å². The number of rotatable bonds is 2. The van der Waals surface area contributed by atoms with E-state index in [1.807, 2.05) is 0 Å². The SMILES string of the molecule is c1cc(-c2ccc3c4c(cccc24)-c2ccc4ccccc4c2O3)c2ccc(-c3ccc4ccc5cccc6ccc3c4c56)cc2c1. The van der Waals surface area contributed by atoms with Crippen molar-refractivity contribution in [1.82, 2.24) is 0 Å². The van der Waals surface area contributed by atoms with Crippen LogP contribution in [0.5, 0.6) is 11.5 Å². The van der Waals surface area contributed by atoms with E-state index >= 15 is 0 Å². The summed E-state index contributed by atoms with van der Waals surface area (Å²) in [7, 11) is 0. The Hall–Kier alpha value is -6.18. The molecule has 0 bridgehead atoms. The number of ether oxygens (including phenoxy) is 1. The standard InChI is InChI=1S/C46H26O/c1-2-10-35-27(6-1)16-23-41-39-13-5-12-38-37(24-25-42(45(38)39)47-46(35)41)36-11-4-9-31-26-32(19-21-33(31)36)34-20-17-30-15-14-28-7-3-8-29-18-22-40(34)44(30)43(28)29/h1-26H. The van der Waals surface area contributed by atoms with Crippen LogP contribution in [0.15, 0.2) is 158 Å². The van der Waals surface area contributed by atoms with Crippen LogP contribution in [0.3, 0.4) is 0 Å². The molecule has 0 unspecified atom stereocenters. The van der Waals surface area contributed by atoms with Crippen molar-refractivity contribution in [2.24, 2.45) is 0 Å². The molecule has 0 fully saturated rings. The third-order valence-corrected chi connectivity index (χ3v) is 10.4. The van der Waals surface area contributed by atoms with Crippen molar-refractivity contribution in [3.8, 4) is 44.9 Å². The van der Waals surface area contributed by atoms with E-state index in [1.54, 1.807) is 0 Å². The first kappa shape index (κ1) is 25.1. The number of hydrogen-bond acceptors (Lipinski definition) is 1. The Kier molecular flexibility index (Phi) is 4.90. The van der Waals surface area contributed by atoms with Crippen LogP contribution in [0, 0.1) is 0 Å². The van der Waals surface area contributed by atoms with E-state index in [9.17, 15) is 0 Å². The zero-order valence-electron chi connectivity index (χ0n) is 25.4. The van der Waals surface area contributed by atoms with Gasteiger partial charge in [-0.05, 0) is 99.9 Å². The van der Waals surface area contributed by atoms with Gasteiger partial charge in [0.2, 0.25) is 0 Å². The summed E-state index contributed by atoms with van der Waals surface area (Å²) < 4.78 is 6.68. The highest BCUT2D eigenvalue weighted by Crippen LogP contribution is 2.51. The molecule has 0 radical (unpaired) electrons. The van der Waals surface area contributed by atoms with Crippen molar-refractivity contribution >= 4 is 64.6 Å². The molecule has 0 spiro atoms. The molecule has 11 rings (SSSR count). The van der Waals surface area contributed by atoms with Crippen molar-refractivity contribution in [2.45, 2.75) is 0 Å². The normalized spacial score (nSPS) is 12.4. The van der Waals surface area contributed by atoms with E-state index < -0.39 is 0 Å². The molecule has 1 aliphatic heterocycles. The minimum absolute atomic E-state index is 0.916. The third-order valence-electron chi connectivity index (χ3n) is 10.4. The smallest absolute Gasteiger partial charge is 0.143 e. The minimum Gasteiger partial charge on any atom is -0.455 e. The highest BCUT2D eigenvalue weighted by molar-refractivity contribution is 6.25. The van der Waals surface area contributed by atoms with Crippen LogP contribution in [0.2, 0.25) is 0 Å². The van der Waals surface area contributed by atoms with E-state index in [-0.39, 0.29) is 0 Å². The third kappa shape index (κ3) is 3.43. The van der Waals surface area contributed by atoms with Crippen molar-refractivity contribution in [3.05, 3.63) is 158 Å². The molecule has 47 heavy (non-hydrogen) atoms. The molecular weight excluding hydrogens is 569 g/mol. The molecule has 0 aromatic heterocycles. The van der Waals surface area contributed by atoms with E-state index in [1.165, 1.54) is 87.1 Å². The summed E-state index contributed by atoms with van der Waals surface area (Å²) in [6, 6.07) is 57.8. The first-order valence-corrected chi connectivity index (χ1v) is 16.3. The van der Waals surface area contributed by atoms with E-state index in [4.69, 9.17) is 4.74 Å². The maximum atomic E-state index is 6.68. The molecule has 1 heteroatoms. The molecule has 1 heterocycles. The number of fused-ring (bicyclic) bond motifs is 5. The van der Waals surface area contributed by atoms with Crippen molar-refractivity contribution in [1.29, 1.82) is 0 Å². The first-order chi connectivity index (χ1) is 23.3. The molecule has 0 aliphatic carbocycles.